The van der Waals surface area contributed by atoms with Gasteiger partial charge < -0.3 is 20.7 Å². The number of hydrogen-bond acceptors (Lipinski definition) is 6. The van der Waals surface area contributed by atoms with Gasteiger partial charge in [-0.1, -0.05) is 0 Å². The second-order valence-electron chi connectivity index (χ2n) is 6.86. The summed E-state index contributed by atoms with van der Waals surface area (Å²) < 4.78 is 42.0. The van der Waals surface area contributed by atoms with Gasteiger partial charge in [0, 0.05) is 24.5 Å². The SMILES string of the molecule is Cc1nn(-c2ccc(NCCNC(=O)Nc3ccc(OC(F)(F)F)cc3)nn2)c(C)c1C. The Morgan fingerprint density at radius 3 is 2.31 bits per heavy atom. The first-order valence-electron chi connectivity index (χ1n) is 9.64. The van der Waals surface area contributed by atoms with Crippen LogP contribution in [0.25, 0.3) is 5.82 Å². The van der Waals surface area contributed by atoms with Crippen LogP contribution in [0.1, 0.15) is 17.0 Å². The van der Waals surface area contributed by atoms with Gasteiger partial charge in [-0.05, 0) is 62.7 Å². The normalized spacial score (nSPS) is 11.2. The zero-order valence-corrected chi connectivity index (χ0v) is 17.6. The Morgan fingerprint density at radius 1 is 1.03 bits per heavy atom. The van der Waals surface area contributed by atoms with Crippen molar-refractivity contribution < 1.29 is 22.7 Å². The van der Waals surface area contributed by atoms with E-state index >= 15 is 0 Å². The second kappa shape index (κ2) is 9.54. The minimum atomic E-state index is -4.76. The van der Waals surface area contributed by atoms with Crippen molar-refractivity contribution in [3.63, 3.8) is 0 Å². The highest BCUT2D eigenvalue weighted by Gasteiger charge is 2.30. The topological polar surface area (TPSA) is 106 Å². The van der Waals surface area contributed by atoms with Crippen LogP contribution in [0.2, 0.25) is 0 Å². The molecule has 3 aromatic rings. The monoisotopic (exact) mass is 449 g/mol. The fraction of sp³-hybridized carbons (Fsp3) is 0.300. The summed E-state index contributed by atoms with van der Waals surface area (Å²) in [4.78, 5) is 11.9. The number of carbonyl (C=O) groups excluding carboxylic acids is 1. The molecule has 2 amide bonds. The molecule has 3 rings (SSSR count). The summed E-state index contributed by atoms with van der Waals surface area (Å²) in [5.74, 6) is 0.774. The van der Waals surface area contributed by atoms with E-state index in [1.54, 1.807) is 16.8 Å². The maximum absolute atomic E-state index is 12.2. The molecule has 9 nitrogen and oxygen atoms in total. The van der Waals surface area contributed by atoms with E-state index in [0.717, 1.165) is 29.1 Å². The molecule has 0 aliphatic heterocycles. The van der Waals surface area contributed by atoms with Crippen molar-refractivity contribution in [2.75, 3.05) is 23.7 Å². The van der Waals surface area contributed by atoms with Crippen LogP contribution in [0.5, 0.6) is 5.75 Å². The highest BCUT2D eigenvalue weighted by atomic mass is 19.4. The van der Waals surface area contributed by atoms with Crippen LogP contribution in [0.4, 0.5) is 29.5 Å². The molecular formula is C20H22F3N7O2. The molecule has 3 N–H and O–H groups in total. The van der Waals surface area contributed by atoms with E-state index in [-0.39, 0.29) is 12.3 Å². The first-order chi connectivity index (χ1) is 15.1. The summed E-state index contributed by atoms with van der Waals surface area (Å²) in [5, 5.41) is 20.9. The average molecular weight is 449 g/mol. The summed E-state index contributed by atoms with van der Waals surface area (Å²) in [7, 11) is 0. The summed E-state index contributed by atoms with van der Waals surface area (Å²) in [6.07, 6.45) is -4.76. The van der Waals surface area contributed by atoms with Crippen molar-refractivity contribution in [3.05, 3.63) is 53.3 Å². The molecule has 0 spiro atoms. The van der Waals surface area contributed by atoms with Crippen molar-refractivity contribution in [2.24, 2.45) is 0 Å². The molecule has 32 heavy (non-hydrogen) atoms. The van der Waals surface area contributed by atoms with Crippen molar-refractivity contribution in [1.82, 2.24) is 25.3 Å². The highest BCUT2D eigenvalue weighted by Crippen LogP contribution is 2.23. The Balaban J connectivity index is 1.42. The minimum absolute atomic E-state index is 0.279. The van der Waals surface area contributed by atoms with Crippen LogP contribution >= 0.6 is 0 Å². The molecule has 12 heteroatoms. The Bertz CT molecular complexity index is 1060. The van der Waals surface area contributed by atoms with Gasteiger partial charge in [0.05, 0.1) is 5.69 Å². The number of alkyl halides is 3. The molecule has 0 fully saturated rings. The predicted molar refractivity (Wildman–Crippen MR) is 112 cm³/mol. The first kappa shape index (κ1) is 22.8. The lowest BCUT2D eigenvalue weighted by atomic mass is 10.2. The third kappa shape index (κ3) is 6.09. The van der Waals surface area contributed by atoms with Gasteiger partial charge in [0.1, 0.15) is 11.6 Å². The summed E-state index contributed by atoms with van der Waals surface area (Å²) in [6, 6.07) is 7.89. The molecule has 0 saturated carbocycles. The van der Waals surface area contributed by atoms with Crippen LogP contribution < -0.4 is 20.7 Å². The summed E-state index contributed by atoms with van der Waals surface area (Å²) in [5.41, 5.74) is 3.35. The average Bonchev–Trinajstić information content (AvgIpc) is 2.99. The maximum Gasteiger partial charge on any atom is 0.573 e. The molecule has 0 saturated heterocycles. The van der Waals surface area contributed by atoms with Crippen LogP contribution in [-0.2, 0) is 0 Å². The minimum Gasteiger partial charge on any atom is -0.406 e. The molecule has 1 aromatic carbocycles. The summed E-state index contributed by atoms with van der Waals surface area (Å²) >= 11 is 0. The van der Waals surface area contributed by atoms with Crippen LogP contribution in [0, 0.1) is 20.8 Å². The van der Waals surface area contributed by atoms with E-state index in [1.807, 2.05) is 20.8 Å². The Hall–Kier alpha value is -3.83. The van der Waals surface area contributed by atoms with Gasteiger partial charge in [0.25, 0.3) is 0 Å². The fourth-order valence-corrected chi connectivity index (χ4v) is 2.76. The van der Waals surface area contributed by atoms with Crippen molar-refractivity contribution in [3.8, 4) is 11.6 Å². The standard InChI is InChI=1S/C20H22F3N7O2/c1-12-13(2)29-30(14(12)3)18-9-8-17(27-28-18)24-10-11-25-19(31)26-15-4-6-16(7-5-15)32-20(21,22)23/h4-9H,10-11H2,1-3H3,(H,24,27)(H2,25,26,31). The molecule has 2 aromatic heterocycles. The number of carbonyl (C=O) groups is 1. The smallest absolute Gasteiger partial charge is 0.406 e. The summed E-state index contributed by atoms with van der Waals surface area (Å²) in [6.45, 7) is 6.56. The lowest BCUT2D eigenvalue weighted by molar-refractivity contribution is -0.274. The van der Waals surface area contributed by atoms with Gasteiger partial charge in [-0.3, -0.25) is 0 Å². The lowest BCUT2D eigenvalue weighted by Gasteiger charge is -2.11. The number of hydrogen-bond donors (Lipinski definition) is 3. The van der Waals surface area contributed by atoms with Gasteiger partial charge in [-0.25, -0.2) is 9.48 Å². The van der Waals surface area contributed by atoms with Crippen molar-refractivity contribution in [2.45, 2.75) is 27.1 Å². The third-order valence-electron chi connectivity index (χ3n) is 4.58. The van der Waals surface area contributed by atoms with Gasteiger partial charge in [0.15, 0.2) is 5.82 Å². The largest absolute Gasteiger partial charge is 0.573 e. The fourth-order valence-electron chi connectivity index (χ4n) is 2.76. The zero-order chi connectivity index (χ0) is 23.3. The number of benzene rings is 1. The molecule has 2 heterocycles. The van der Waals surface area contributed by atoms with E-state index in [0.29, 0.717) is 23.9 Å². The van der Waals surface area contributed by atoms with E-state index in [2.05, 4.69) is 36.0 Å². The van der Waals surface area contributed by atoms with Crippen molar-refractivity contribution in [1.29, 1.82) is 0 Å². The van der Waals surface area contributed by atoms with E-state index in [1.165, 1.54) is 12.1 Å². The van der Waals surface area contributed by atoms with E-state index < -0.39 is 12.4 Å². The number of nitrogens with one attached hydrogen (secondary N) is 3. The lowest BCUT2D eigenvalue weighted by Crippen LogP contribution is -2.32. The molecule has 0 aliphatic rings. The Kier molecular flexibility index (Phi) is 6.81. The number of ether oxygens (including phenoxy) is 1. The number of urea groups is 1. The number of halogens is 3. The molecule has 0 bridgehead atoms. The maximum atomic E-state index is 12.2. The van der Waals surface area contributed by atoms with Crippen molar-refractivity contribution >= 4 is 17.5 Å². The number of amides is 2. The predicted octanol–water partition coefficient (Wildman–Crippen LogP) is 3.72. The van der Waals surface area contributed by atoms with E-state index in [4.69, 9.17) is 0 Å². The number of anilines is 2. The number of aryl methyl sites for hydroxylation is 1. The van der Waals surface area contributed by atoms with Gasteiger partial charge in [-0.2, -0.15) is 5.10 Å². The molecule has 0 unspecified atom stereocenters. The third-order valence-corrected chi connectivity index (χ3v) is 4.58. The molecular weight excluding hydrogens is 427 g/mol. The van der Waals surface area contributed by atoms with Crippen LogP contribution in [0.15, 0.2) is 36.4 Å². The quantitative estimate of drug-likeness (QED) is 0.475. The second-order valence-corrected chi connectivity index (χ2v) is 6.86. The molecule has 170 valence electrons. The zero-order valence-electron chi connectivity index (χ0n) is 17.6. The van der Waals surface area contributed by atoms with Gasteiger partial charge in [0.2, 0.25) is 0 Å². The van der Waals surface area contributed by atoms with Crippen LogP contribution in [-0.4, -0.2) is 45.5 Å². The number of nitrogens with zero attached hydrogens (tertiary/aromatic N) is 4. The number of aromatic nitrogens is 4. The van der Waals surface area contributed by atoms with Crippen LogP contribution in [0.3, 0.4) is 0 Å². The van der Waals surface area contributed by atoms with E-state index in [9.17, 15) is 18.0 Å². The highest BCUT2D eigenvalue weighted by molar-refractivity contribution is 5.89. The molecule has 0 radical (unpaired) electrons. The first-order valence-corrected chi connectivity index (χ1v) is 9.64. The van der Waals surface area contributed by atoms with Gasteiger partial charge >= 0.3 is 12.4 Å². The Labute approximate surface area is 182 Å². The molecule has 0 aliphatic carbocycles. The van der Waals surface area contributed by atoms with Gasteiger partial charge in [-0.15, -0.1) is 23.4 Å². The number of rotatable bonds is 7. The molecule has 0 atom stereocenters. The Morgan fingerprint density at radius 2 is 1.75 bits per heavy atom.